The summed E-state index contributed by atoms with van der Waals surface area (Å²) >= 11 is 4.28. The first-order valence-electron chi connectivity index (χ1n) is 5.49. The molecule has 0 aliphatic rings. The van der Waals surface area contributed by atoms with Crippen molar-refractivity contribution in [2.75, 3.05) is 31.4 Å². The Morgan fingerprint density at radius 3 is 2.38 bits per heavy atom. The van der Waals surface area contributed by atoms with Crippen LogP contribution in [0.2, 0.25) is 0 Å². The molecule has 0 unspecified atom stereocenters. The van der Waals surface area contributed by atoms with Crippen LogP contribution in [-0.4, -0.2) is 26.5 Å². The predicted octanol–water partition coefficient (Wildman–Crippen LogP) is 2.99. The number of methoxy groups -OCH3 is 1. The lowest BCUT2D eigenvalue weighted by molar-refractivity contribution is 0.411. The van der Waals surface area contributed by atoms with E-state index in [9.17, 15) is 0 Å². The van der Waals surface area contributed by atoms with Crippen molar-refractivity contribution in [1.82, 2.24) is 0 Å². The van der Waals surface area contributed by atoms with E-state index in [1.165, 1.54) is 22.4 Å². The highest BCUT2D eigenvalue weighted by Crippen LogP contribution is 2.32. The zero-order valence-corrected chi connectivity index (χ0v) is 11.7. The second kappa shape index (κ2) is 5.48. The van der Waals surface area contributed by atoms with Crippen LogP contribution in [0.1, 0.15) is 16.7 Å². The highest BCUT2D eigenvalue weighted by atomic mass is 32.1. The first-order valence-corrected chi connectivity index (χ1v) is 6.13. The maximum atomic E-state index is 5.37. The van der Waals surface area contributed by atoms with Crippen molar-refractivity contribution in [2.24, 2.45) is 0 Å². The third-order valence-electron chi connectivity index (χ3n) is 3.05. The number of aryl methyl sites for hydroxylation is 1. The Bertz CT molecular complexity index is 377. The van der Waals surface area contributed by atoms with Crippen molar-refractivity contribution in [3.8, 4) is 5.75 Å². The van der Waals surface area contributed by atoms with Crippen LogP contribution in [0.15, 0.2) is 6.07 Å². The summed E-state index contributed by atoms with van der Waals surface area (Å²) < 4.78 is 5.37. The van der Waals surface area contributed by atoms with Gasteiger partial charge in [0, 0.05) is 25.0 Å². The second-order valence-corrected chi connectivity index (χ2v) is 4.59. The molecule has 90 valence electrons. The number of rotatable bonds is 4. The molecule has 0 bridgehead atoms. The minimum atomic E-state index is 0.862. The largest absolute Gasteiger partial charge is 0.496 e. The van der Waals surface area contributed by atoms with E-state index in [-0.39, 0.29) is 0 Å². The number of thiol groups is 1. The summed E-state index contributed by atoms with van der Waals surface area (Å²) in [6, 6.07) is 2.10. The van der Waals surface area contributed by atoms with Gasteiger partial charge in [-0.15, -0.1) is 0 Å². The first kappa shape index (κ1) is 13.2. The molecule has 1 aromatic rings. The molecule has 0 saturated heterocycles. The Morgan fingerprint density at radius 1 is 1.25 bits per heavy atom. The van der Waals surface area contributed by atoms with Gasteiger partial charge >= 0.3 is 0 Å². The Hall–Kier alpha value is -0.830. The highest BCUT2D eigenvalue weighted by Gasteiger charge is 2.13. The summed E-state index contributed by atoms with van der Waals surface area (Å²) in [7, 11) is 3.83. The molecule has 0 saturated carbocycles. The molecule has 2 nitrogen and oxygen atoms in total. The van der Waals surface area contributed by atoms with Gasteiger partial charge in [0.15, 0.2) is 0 Å². The molecule has 0 aliphatic heterocycles. The van der Waals surface area contributed by atoms with Gasteiger partial charge in [0.05, 0.1) is 7.11 Å². The van der Waals surface area contributed by atoms with E-state index in [0.29, 0.717) is 0 Å². The number of hydrogen-bond donors (Lipinski definition) is 1. The van der Waals surface area contributed by atoms with Gasteiger partial charge in [-0.2, -0.15) is 12.6 Å². The van der Waals surface area contributed by atoms with Crippen LogP contribution in [0.25, 0.3) is 0 Å². The van der Waals surface area contributed by atoms with Gasteiger partial charge < -0.3 is 9.64 Å². The van der Waals surface area contributed by atoms with E-state index >= 15 is 0 Å². The number of anilines is 1. The molecule has 0 N–H and O–H groups in total. The van der Waals surface area contributed by atoms with Crippen LogP contribution in [0.4, 0.5) is 5.69 Å². The van der Waals surface area contributed by atoms with Gasteiger partial charge in [-0.3, -0.25) is 0 Å². The number of ether oxygens (including phenoxy) is 1. The number of benzene rings is 1. The predicted molar refractivity (Wildman–Crippen MR) is 74.3 cm³/mol. The SMILES string of the molecule is COc1cc(C)c(N(C)CCS)c(C)c1C. The molecule has 3 heteroatoms. The zero-order valence-electron chi connectivity index (χ0n) is 10.8. The minimum Gasteiger partial charge on any atom is -0.496 e. The summed E-state index contributed by atoms with van der Waals surface area (Å²) in [5.74, 6) is 1.83. The average Bonchev–Trinajstić information content (AvgIpc) is 2.24. The molecular weight excluding hydrogens is 218 g/mol. The summed E-state index contributed by atoms with van der Waals surface area (Å²) in [6.45, 7) is 7.33. The lowest BCUT2D eigenvalue weighted by Crippen LogP contribution is -2.22. The number of nitrogens with zero attached hydrogens (tertiary/aromatic N) is 1. The van der Waals surface area contributed by atoms with Crippen molar-refractivity contribution in [2.45, 2.75) is 20.8 Å². The summed E-state index contributed by atoms with van der Waals surface area (Å²) in [5, 5.41) is 0. The summed E-state index contributed by atoms with van der Waals surface area (Å²) in [5.41, 5.74) is 5.06. The summed E-state index contributed by atoms with van der Waals surface area (Å²) in [4.78, 5) is 2.25. The fraction of sp³-hybridized carbons (Fsp3) is 0.538. The van der Waals surface area contributed by atoms with Crippen molar-refractivity contribution >= 4 is 18.3 Å². The Kier molecular flexibility index (Phi) is 4.54. The third-order valence-corrected chi connectivity index (χ3v) is 3.25. The van der Waals surface area contributed by atoms with E-state index in [4.69, 9.17) is 4.74 Å². The molecule has 0 aromatic heterocycles. The molecule has 0 heterocycles. The smallest absolute Gasteiger partial charge is 0.122 e. The Labute approximate surface area is 104 Å². The highest BCUT2D eigenvalue weighted by molar-refractivity contribution is 7.80. The minimum absolute atomic E-state index is 0.862. The van der Waals surface area contributed by atoms with Gasteiger partial charge in [0.1, 0.15) is 5.75 Å². The van der Waals surface area contributed by atoms with Crippen LogP contribution in [0, 0.1) is 20.8 Å². The fourth-order valence-corrected chi connectivity index (χ4v) is 2.39. The normalized spacial score (nSPS) is 10.4. The molecule has 0 aliphatic carbocycles. The van der Waals surface area contributed by atoms with E-state index in [1.807, 2.05) is 0 Å². The lowest BCUT2D eigenvalue weighted by atomic mass is 10.0. The van der Waals surface area contributed by atoms with Gasteiger partial charge in [-0.25, -0.2) is 0 Å². The molecule has 16 heavy (non-hydrogen) atoms. The first-order chi connectivity index (χ1) is 7.52. The van der Waals surface area contributed by atoms with Crippen LogP contribution in [0.3, 0.4) is 0 Å². The molecule has 0 atom stereocenters. The summed E-state index contributed by atoms with van der Waals surface area (Å²) in [6.07, 6.45) is 0. The zero-order chi connectivity index (χ0) is 12.3. The van der Waals surface area contributed by atoms with Crippen LogP contribution < -0.4 is 9.64 Å². The Balaban J connectivity index is 3.24. The van der Waals surface area contributed by atoms with Crippen molar-refractivity contribution < 1.29 is 4.74 Å². The molecule has 0 fully saturated rings. The van der Waals surface area contributed by atoms with E-state index in [0.717, 1.165) is 18.0 Å². The third kappa shape index (κ3) is 2.46. The van der Waals surface area contributed by atoms with Crippen molar-refractivity contribution in [3.05, 3.63) is 22.8 Å². The van der Waals surface area contributed by atoms with Gasteiger partial charge in [-0.05, 0) is 43.5 Å². The van der Waals surface area contributed by atoms with Crippen molar-refractivity contribution in [1.29, 1.82) is 0 Å². The van der Waals surface area contributed by atoms with E-state index < -0.39 is 0 Å². The molecule has 0 spiro atoms. The van der Waals surface area contributed by atoms with Crippen molar-refractivity contribution in [3.63, 3.8) is 0 Å². The van der Waals surface area contributed by atoms with E-state index in [2.05, 4.69) is 51.4 Å². The number of hydrogen-bond acceptors (Lipinski definition) is 3. The van der Waals surface area contributed by atoms with Gasteiger partial charge in [0.2, 0.25) is 0 Å². The molecule has 0 radical (unpaired) electrons. The monoisotopic (exact) mass is 239 g/mol. The molecule has 1 aromatic carbocycles. The molecule has 0 amide bonds. The average molecular weight is 239 g/mol. The van der Waals surface area contributed by atoms with Gasteiger partial charge in [-0.1, -0.05) is 0 Å². The standard InChI is InChI=1S/C13H21NOS/c1-9-8-12(15-5)10(2)11(3)13(9)14(4)6-7-16/h8,16H,6-7H2,1-5H3. The fourth-order valence-electron chi connectivity index (χ4n) is 2.09. The molecule has 1 rings (SSSR count). The maximum absolute atomic E-state index is 5.37. The Morgan fingerprint density at radius 2 is 1.88 bits per heavy atom. The quantitative estimate of drug-likeness (QED) is 0.811. The van der Waals surface area contributed by atoms with E-state index in [1.54, 1.807) is 7.11 Å². The van der Waals surface area contributed by atoms with Crippen LogP contribution >= 0.6 is 12.6 Å². The van der Waals surface area contributed by atoms with Crippen LogP contribution in [-0.2, 0) is 0 Å². The lowest BCUT2D eigenvalue weighted by Gasteiger charge is -2.25. The topological polar surface area (TPSA) is 12.5 Å². The second-order valence-electron chi connectivity index (χ2n) is 4.14. The van der Waals surface area contributed by atoms with Gasteiger partial charge in [0.25, 0.3) is 0 Å². The van der Waals surface area contributed by atoms with Crippen LogP contribution in [0.5, 0.6) is 5.75 Å². The molecular formula is C13H21NOS. The maximum Gasteiger partial charge on any atom is 0.122 e.